The molecule has 2 aromatic rings. The summed E-state index contributed by atoms with van der Waals surface area (Å²) in [5, 5.41) is 0. The van der Waals surface area contributed by atoms with Gasteiger partial charge in [0, 0.05) is 19.7 Å². The van der Waals surface area contributed by atoms with E-state index in [1.165, 1.54) is 6.07 Å². The van der Waals surface area contributed by atoms with Crippen LogP contribution in [0, 0.1) is 12.7 Å². The zero-order valence-electron chi connectivity index (χ0n) is 14.3. The molecule has 0 N–H and O–H groups in total. The lowest BCUT2D eigenvalue weighted by atomic mass is 10.0. The molecule has 0 bridgehead atoms. The number of carbonyl (C=O) groups excluding carboxylic acids is 1. The van der Waals surface area contributed by atoms with Crippen LogP contribution in [0.3, 0.4) is 0 Å². The molecule has 1 aliphatic carbocycles. The van der Waals surface area contributed by atoms with Gasteiger partial charge in [-0.15, -0.1) is 0 Å². The molecule has 0 aliphatic heterocycles. The third-order valence-corrected chi connectivity index (χ3v) is 4.89. The van der Waals surface area contributed by atoms with Crippen molar-refractivity contribution in [3.05, 3.63) is 59.4 Å². The minimum Gasteiger partial charge on any atom is -0.382 e. The summed E-state index contributed by atoms with van der Waals surface area (Å²) in [6.45, 7) is 2.31. The Morgan fingerprint density at radius 3 is 2.33 bits per heavy atom. The first-order valence-corrected chi connectivity index (χ1v) is 8.10. The van der Waals surface area contributed by atoms with Crippen molar-refractivity contribution in [1.29, 1.82) is 0 Å². The highest BCUT2D eigenvalue weighted by Crippen LogP contribution is 2.41. The molecule has 24 heavy (non-hydrogen) atoms. The zero-order chi connectivity index (χ0) is 17.3. The minimum atomic E-state index is -0.220. The Morgan fingerprint density at radius 1 is 1.17 bits per heavy atom. The maximum atomic E-state index is 13.7. The second kappa shape index (κ2) is 6.36. The van der Waals surface area contributed by atoms with E-state index in [1.807, 2.05) is 25.2 Å². The minimum absolute atomic E-state index is 0.00816. The molecule has 0 heterocycles. The predicted octanol–water partition coefficient (Wildman–Crippen LogP) is 4.05. The van der Waals surface area contributed by atoms with Gasteiger partial charge >= 0.3 is 0 Å². The molecule has 0 radical (unpaired) electrons. The summed E-state index contributed by atoms with van der Waals surface area (Å²) < 4.78 is 19.0. The van der Waals surface area contributed by atoms with Gasteiger partial charge in [0.25, 0.3) is 5.91 Å². The summed E-state index contributed by atoms with van der Waals surface area (Å²) in [5.41, 5.74) is 2.82. The average Bonchev–Trinajstić information content (AvgIpc) is 3.37. The number of hydrogen-bond acceptors (Lipinski definition) is 2. The maximum Gasteiger partial charge on any atom is 0.254 e. The Hall–Kier alpha value is -2.20. The fourth-order valence-corrected chi connectivity index (χ4v) is 2.98. The van der Waals surface area contributed by atoms with Gasteiger partial charge < -0.3 is 9.64 Å². The number of hydrogen-bond donors (Lipinski definition) is 0. The molecule has 0 atom stereocenters. The number of ether oxygens (including phenoxy) is 1. The van der Waals surface area contributed by atoms with Crippen molar-refractivity contribution >= 4 is 5.91 Å². The highest BCUT2D eigenvalue weighted by atomic mass is 19.1. The van der Waals surface area contributed by atoms with Crippen molar-refractivity contribution in [1.82, 2.24) is 4.90 Å². The Balaban J connectivity index is 1.79. The molecule has 0 unspecified atom stereocenters. The van der Waals surface area contributed by atoms with Crippen LogP contribution in [0.5, 0.6) is 0 Å². The molecular formula is C20H22FNO2. The van der Waals surface area contributed by atoms with Gasteiger partial charge in [0.2, 0.25) is 0 Å². The molecule has 3 nitrogen and oxygen atoms in total. The van der Waals surface area contributed by atoms with Gasteiger partial charge in [-0.05, 0) is 54.7 Å². The number of rotatable bonds is 5. The van der Waals surface area contributed by atoms with Crippen molar-refractivity contribution < 1.29 is 13.9 Å². The van der Waals surface area contributed by atoms with Crippen molar-refractivity contribution in [2.75, 3.05) is 20.8 Å². The predicted molar refractivity (Wildman–Crippen MR) is 92.5 cm³/mol. The fraction of sp³-hybridized carbons (Fsp3) is 0.350. The third kappa shape index (κ3) is 3.06. The molecular weight excluding hydrogens is 305 g/mol. The number of halogens is 1. The number of likely N-dealkylation sites (N-methyl/N-ethyl adjacent to an activating group) is 1. The Bertz CT molecular complexity index is 751. The first kappa shape index (κ1) is 16.7. The molecule has 1 amide bonds. The average molecular weight is 327 g/mol. The van der Waals surface area contributed by atoms with Crippen molar-refractivity contribution in [3.63, 3.8) is 0 Å². The topological polar surface area (TPSA) is 29.5 Å². The summed E-state index contributed by atoms with van der Waals surface area (Å²) in [7, 11) is 3.49. The van der Waals surface area contributed by atoms with E-state index < -0.39 is 0 Å². The lowest BCUT2D eigenvalue weighted by Crippen LogP contribution is -2.42. The largest absolute Gasteiger partial charge is 0.382 e. The van der Waals surface area contributed by atoms with Gasteiger partial charge in [-0.1, -0.05) is 24.3 Å². The summed E-state index contributed by atoms with van der Waals surface area (Å²) in [4.78, 5) is 14.5. The second-order valence-corrected chi connectivity index (χ2v) is 6.56. The van der Waals surface area contributed by atoms with Gasteiger partial charge in [0.15, 0.2) is 0 Å². The van der Waals surface area contributed by atoms with E-state index in [0.717, 1.165) is 24.0 Å². The standard InChI is InChI=1S/C20H22FNO2/c1-14-4-5-17(12-18(14)21)15-6-8-16(9-7-15)19(23)22(2)20(10-11-20)13-24-3/h4-9,12H,10-11,13H2,1-3H3. The Morgan fingerprint density at radius 2 is 1.79 bits per heavy atom. The molecule has 3 rings (SSSR count). The van der Waals surface area contributed by atoms with Crippen molar-refractivity contribution in [3.8, 4) is 11.1 Å². The van der Waals surface area contributed by atoms with Gasteiger partial charge in [-0.3, -0.25) is 4.79 Å². The normalized spacial score (nSPS) is 15.2. The molecule has 0 spiro atoms. The van der Waals surface area contributed by atoms with Crippen molar-refractivity contribution in [2.45, 2.75) is 25.3 Å². The lowest BCUT2D eigenvalue weighted by Gasteiger charge is -2.27. The summed E-state index contributed by atoms with van der Waals surface area (Å²) in [6.07, 6.45) is 1.95. The van der Waals surface area contributed by atoms with Crippen LogP contribution in [0.1, 0.15) is 28.8 Å². The lowest BCUT2D eigenvalue weighted by molar-refractivity contribution is 0.0551. The summed E-state index contributed by atoms with van der Waals surface area (Å²) in [6, 6.07) is 12.5. The molecule has 2 aromatic carbocycles. The molecule has 126 valence electrons. The van der Waals surface area contributed by atoms with Crippen LogP contribution in [0.2, 0.25) is 0 Å². The fourth-order valence-electron chi connectivity index (χ4n) is 2.98. The number of benzene rings is 2. The highest BCUT2D eigenvalue weighted by Gasteiger charge is 2.48. The number of amides is 1. The Labute approximate surface area is 142 Å². The number of methoxy groups -OCH3 is 1. The molecule has 0 aromatic heterocycles. The maximum absolute atomic E-state index is 13.7. The van der Waals surface area contributed by atoms with Gasteiger partial charge in [0.1, 0.15) is 5.82 Å². The van der Waals surface area contributed by atoms with Gasteiger partial charge in [-0.2, -0.15) is 0 Å². The molecule has 1 aliphatic rings. The monoisotopic (exact) mass is 327 g/mol. The molecule has 4 heteroatoms. The van der Waals surface area contributed by atoms with Crippen LogP contribution in [-0.4, -0.2) is 37.1 Å². The number of carbonyl (C=O) groups is 1. The van der Waals surface area contributed by atoms with Crippen LogP contribution in [-0.2, 0) is 4.74 Å². The van der Waals surface area contributed by atoms with E-state index >= 15 is 0 Å². The zero-order valence-corrected chi connectivity index (χ0v) is 14.3. The molecule has 1 saturated carbocycles. The van der Waals surface area contributed by atoms with Gasteiger partial charge in [0.05, 0.1) is 12.1 Å². The van der Waals surface area contributed by atoms with Crippen LogP contribution in [0.15, 0.2) is 42.5 Å². The second-order valence-electron chi connectivity index (χ2n) is 6.56. The highest BCUT2D eigenvalue weighted by molar-refractivity contribution is 5.95. The van der Waals surface area contributed by atoms with Crippen LogP contribution >= 0.6 is 0 Å². The van der Waals surface area contributed by atoms with Crippen LogP contribution in [0.25, 0.3) is 11.1 Å². The van der Waals surface area contributed by atoms with E-state index in [1.54, 1.807) is 37.1 Å². The molecule has 0 saturated heterocycles. The first-order valence-electron chi connectivity index (χ1n) is 8.10. The van der Waals surface area contributed by atoms with E-state index in [9.17, 15) is 9.18 Å². The van der Waals surface area contributed by atoms with Crippen LogP contribution < -0.4 is 0 Å². The van der Waals surface area contributed by atoms with Gasteiger partial charge in [-0.25, -0.2) is 4.39 Å². The van der Waals surface area contributed by atoms with Crippen LogP contribution in [0.4, 0.5) is 4.39 Å². The Kier molecular flexibility index (Phi) is 4.41. The van der Waals surface area contributed by atoms with Crippen molar-refractivity contribution in [2.24, 2.45) is 0 Å². The summed E-state index contributed by atoms with van der Waals surface area (Å²) in [5.74, 6) is -0.228. The molecule has 1 fully saturated rings. The summed E-state index contributed by atoms with van der Waals surface area (Å²) >= 11 is 0. The SMILES string of the molecule is COCC1(N(C)C(=O)c2ccc(-c3ccc(C)c(F)c3)cc2)CC1. The van der Waals surface area contributed by atoms with E-state index in [4.69, 9.17) is 4.74 Å². The van der Waals surface area contributed by atoms with E-state index in [0.29, 0.717) is 17.7 Å². The first-order chi connectivity index (χ1) is 11.5. The third-order valence-electron chi connectivity index (χ3n) is 4.89. The number of aryl methyl sites for hydroxylation is 1. The van der Waals surface area contributed by atoms with E-state index in [2.05, 4.69) is 0 Å². The smallest absolute Gasteiger partial charge is 0.254 e. The van der Waals surface area contributed by atoms with E-state index in [-0.39, 0.29) is 17.3 Å². The number of nitrogens with zero attached hydrogens (tertiary/aromatic N) is 1. The quantitative estimate of drug-likeness (QED) is 0.829.